The average molecular weight is 230 g/mol. The molecule has 0 saturated carbocycles. The van der Waals surface area contributed by atoms with Crippen LogP contribution in [0, 0.1) is 5.95 Å². The second-order valence-corrected chi connectivity index (χ2v) is 5.76. The summed E-state index contributed by atoms with van der Waals surface area (Å²) in [4.78, 5) is 5.49. The predicted molar refractivity (Wildman–Crippen MR) is 55.1 cm³/mol. The van der Waals surface area contributed by atoms with E-state index in [1.54, 1.807) is 17.0 Å². The van der Waals surface area contributed by atoms with Crippen molar-refractivity contribution in [3.63, 3.8) is 0 Å². The van der Waals surface area contributed by atoms with Crippen LogP contribution in [0.3, 0.4) is 0 Å². The molecular weight excluding hydrogens is 219 g/mol. The number of aromatic nitrogens is 1. The smallest absolute Gasteiger partial charge is 0.214 e. The first kappa shape index (κ1) is 10.4. The molecule has 0 N–H and O–H groups in total. The zero-order valence-electron chi connectivity index (χ0n) is 8.06. The van der Waals surface area contributed by atoms with Gasteiger partial charge in [-0.05, 0) is 12.1 Å². The topological polar surface area (TPSA) is 50.3 Å². The number of pyridine rings is 1. The number of hydrogen-bond donors (Lipinski definition) is 0. The Morgan fingerprint density at radius 3 is 2.53 bits per heavy atom. The number of rotatable bonds is 1. The fraction of sp³-hybridized carbons (Fsp3) is 0.444. The third-order valence-electron chi connectivity index (χ3n) is 2.37. The standard InChI is InChI=1S/C9H11FN2O2S/c10-8-2-1-3-9(11-8)12-4-6-15(13,14)7-5-12/h1-3H,4-7H2. The van der Waals surface area contributed by atoms with E-state index in [1.165, 1.54) is 6.07 Å². The lowest BCUT2D eigenvalue weighted by molar-refractivity contribution is 0.575. The molecule has 1 saturated heterocycles. The molecule has 0 radical (unpaired) electrons. The van der Waals surface area contributed by atoms with Gasteiger partial charge in [0.2, 0.25) is 5.95 Å². The number of sulfone groups is 1. The molecule has 1 aromatic heterocycles. The minimum atomic E-state index is -2.90. The summed E-state index contributed by atoms with van der Waals surface area (Å²) in [6, 6.07) is 4.52. The Kier molecular flexibility index (Phi) is 2.60. The van der Waals surface area contributed by atoms with E-state index >= 15 is 0 Å². The lowest BCUT2D eigenvalue weighted by atomic mass is 10.4. The molecule has 1 aliphatic heterocycles. The maximum absolute atomic E-state index is 12.8. The average Bonchev–Trinajstić information content (AvgIpc) is 2.17. The summed E-state index contributed by atoms with van der Waals surface area (Å²) < 4.78 is 35.2. The van der Waals surface area contributed by atoms with Gasteiger partial charge in [0.1, 0.15) is 5.82 Å². The Hall–Kier alpha value is -1.17. The number of nitrogens with zero attached hydrogens (tertiary/aromatic N) is 2. The van der Waals surface area contributed by atoms with Crippen LogP contribution in [0.2, 0.25) is 0 Å². The lowest BCUT2D eigenvalue weighted by Crippen LogP contribution is -2.40. The van der Waals surface area contributed by atoms with Crippen molar-refractivity contribution < 1.29 is 12.8 Å². The van der Waals surface area contributed by atoms with Gasteiger partial charge in [-0.3, -0.25) is 0 Å². The summed E-state index contributed by atoms with van der Waals surface area (Å²) in [5.41, 5.74) is 0. The first-order valence-electron chi connectivity index (χ1n) is 4.65. The third kappa shape index (κ3) is 2.44. The molecule has 2 rings (SSSR count). The van der Waals surface area contributed by atoms with Gasteiger partial charge in [0.25, 0.3) is 0 Å². The molecule has 6 heteroatoms. The maximum atomic E-state index is 12.8. The van der Waals surface area contributed by atoms with Crippen LogP contribution >= 0.6 is 0 Å². The molecule has 0 atom stereocenters. The van der Waals surface area contributed by atoms with Gasteiger partial charge < -0.3 is 4.90 Å². The Balaban J connectivity index is 2.14. The number of anilines is 1. The van der Waals surface area contributed by atoms with Crippen molar-refractivity contribution in [1.29, 1.82) is 0 Å². The van der Waals surface area contributed by atoms with Gasteiger partial charge in [-0.15, -0.1) is 0 Å². The second kappa shape index (κ2) is 3.77. The number of halogens is 1. The van der Waals surface area contributed by atoms with E-state index in [-0.39, 0.29) is 11.5 Å². The molecule has 0 bridgehead atoms. The third-order valence-corrected chi connectivity index (χ3v) is 3.98. The molecule has 0 aliphatic carbocycles. The molecule has 0 unspecified atom stereocenters. The molecule has 1 fully saturated rings. The first-order chi connectivity index (χ1) is 7.07. The van der Waals surface area contributed by atoms with E-state index in [0.29, 0.717) is 18.9 Å². The van der Waals surface area contributed by atoms with Crippen LogP contribution in [-0.4, -0.2) is 38.0 Å². The van der Waals surface area contributed by atoms with E-state index in [1.807, 2.05) is 0 Å². The van der Waals surface area contributed by atoms with Crippen LogP contribution in [0.4, 0.5) is 10.2 Å². The second-order valence-electron chi connectivity index (χ2n) is 3.46. The Morgan fingerprint density at radius 1 is 1.27 bits per heavy atom. The zero-order chi connectivity index (χ0) is 10.9. The van der Waals surface area contributed by atoms with Crippen molar-refractivity contribution in [3.05, 3.63) is 24.1 Å². The van der Waals surface area contributed by atoms with Crippen LogP contribution in [0.1, 0.15) is 0 Å². The molecule has 1 aliphatic rings. The van der Waals surface area contributed by atoms with Gasteiger partial charge in [0.05, 0.1) is 11.5 Å². The minimum absolute atomic E-state index is 0.116. The van der Waals surface area contributed by atoms with Gasteiger partial charge in [-0.1, -0.05) is 6.07 Å². The van der Waals surface area contributed by atoms with E-state index in [9.17, 15) is 12.8 Å². The quantitative estimate of drug-likeness (QED) is 0.657. The Morgan fingerprint density at radius 2 is 1.93 bits per heavy atom. The van der Waals surface area contributed by atoms with Crippen LogP contribution in [0.25, 0.3) is 0 Å². The van der Waals surface area contributed by atoms with Gasteiger partial charge in [0, 0.05) is 13.1 Å². The van der Waals surface area contributed by atoms with E-state index < -0.39 is 15.8 Å². The first-order valence-corrected chi connectivity index (χ1v) is 6.47. The highest BCUT2D eigenvalue weighted by atomic mass is 32.2. The highest BCUT2D eigenvalue weighted by Crippen LogP contribution is 2.14. The summed E-state index contributed by atoms with van der Waals surface area (Å²) in [6.07, 6.45) is 0. The van der Waals surface area contributed by atoms with Crippen LogP contribution < -0.4 is 4.90 Å². The summed E-state index contributed by atoms with van der Waals surface area (Å²) in [6.45, 7) is 0.775. The van der Waals surface area contributed by atoms with Gasteiger partial charge in [0.15, 0.2) is 9.84 Å². The summed E-state index contributed by atoms with van der Waals surface area (Å²) in [5.74, 6) is 0.196. The fourth-order valence-electron chi connectivity index (χ4n) is 1.52. The maximum Gasteiger partial charge on any atom is 0.214 e. The van der Waals surface area contributed by atoms with Crippen molar-refractivity contribution in [2.24, 2.45) is 0 Å². The molecule has 2 heterocycles. The normalized spacial score (nSPS) is 20.2. The highest BCUT2D eigenvalue weighted by molar-refractivity contribution is 7.91. The van der Waals surface area contributed by atoms with Crippen molar-refractivity contribution in [2.75, 3.05) is 29.5 Å². The monoisotopic (exact) mass is 230 g/mol. The van der Waals surface area contributed by atoms with Crippen molar-refractivity contribution in [1.82, 2.24) is 4.98 Å². The molecule has 0 amide bonds. The highest BCUT2D eigenvalue weighted by Gasteiger charge is 2.22. The van der Waals surface area contributed by atoms with Crippen molar-refractivity contribution in [3.8, 4) is 0 Å². The van der Waals surface area contributed by atoms with Gasteiger partial charge >= 0.3 is 0 Å². The van der Waals surface area contributed by atoms with Crippen LogP contribution in [-0.2, 0) is 9.84 Å². The number of hydrogen-bond acceptors (Lipinski definition) is 4. The summed E-state index contributed by atoms with van der Waals surface area (Å²) in [7, 11) is -2.90. The van der Waals surface area contributed by atoms with Crippen molar-refractivity contribution in [2.45, 2.75) is 0 Å². The van der Waals surface area contributed by atoms with Gasteiger partial charge in [-0.25, -0.2) is 13.4 Å². The minimum Gasteiger partial charge on any atom is -0.354 e. The Bertz CT molecular complexity index is 447. The lowest BCUT2D eigenvalue weighted by Gasteiger charge is -2.27. The SMILES string of the molecule is O=S1(=O)CCN(c2cccc(F)n2)CC1. The molecule has 82 valence electrons. The Labute approximate surface area is 87.7 Å². The molecule has 0 aromatic carbocycles. The fourth-order valence-corrected chi connectivity index (χ4v) is 2.72. The zero-order valence-corrected chi connectivity index (χ0v) is 8.87. The largest absolute Gasteiger partial charge is 0.354 e. The summed E-state index contributed by atoms with van der Waals surface area (Å²) in [5, 5.41) is 0. The van der Waals surface area contributed by atoms with Crippen LogP contribution in [0.15, 0.2) is 18.2 Å². The van der Waals surface area contributed by atoms with Crippen LogP contribution in [0.5, 0.6) is 0 Å². The molecule has 1 aromatic rings. The van der Waals surface area contributed by atoms with E-state index in [4.69, 9.17) is 0 Å². The van der Waals surface area contributed by atoms with Gasteiger partial charge in [-0.2, -0.15) is 4.39 Å². The summed E-state index contributed by atoms with van der Waals surface area (Å²) >= 11 is 0. The molecule has 0 spiro atoms. The predicted octanol–water partition coefficient (Wildman–Crippen LogP) is 0.456. The molecular formula is C9H11FN2O2S. The molecule has 15 heavy (non-hydrogen) atoms. The molecule has 4 nitrogen and oxygen atoms in total. The van der Waals surface area contributed by atoms with Crippen molar-refractivity contribution >= 4 is 15.7 Å². The van der Waals surface area contributed by atoms with E-state index in [0.717, 1.165) is 0 Å². The van der Waals surface area contributed by atoms with E-state index in [2.05, 4.69) is 4.98 Å².